The topological polar surface area (TPSA) is 56.4 Å². The minimum absolute atomic E-state index is 0.324. The highest BCUT2D eigenvalue weighted by Crippen LogP contribution is 2.14. The van der Waals surface area contributed by atoms with Crippen LogP contribution in [0.15, 0.2) is 27.4 Å². The van der Waals surface area contributed by atoms with Crippen LogP contribution in [0.5, 0.6) is 0 Å². The van der Waals surface area contributed by atoms with Gasteiger partial charge in [-0.1, -0.05) is 6.07 Å². The second kappa shape index (κ2) is 5.16. The number of oxazole rings is 1. The first-order valence-electron chi connectivity index (χ1n) is 5.50. The van der Waals surface area contributed by atoms with Gasteiger partial charge in [-0.25, -0.2) is 4.79 Å². The average Bonchev–Trinajstić information content (AvgIpc) is 2.61. The van der Waals surface area contributed by atoms with Crippen LogP contribution < -0.4 is 11.1 Å². The lowest BCUT2D eigenvalue weighted by atomic mass is 10.1. The van der Waals surface area contributed by atoms with Gasteiger partial charge in [0.05, 0.1) is 12.2 Å². The molecule has 0 fully saturated rings. The zero-order chi connectivity index (χ0) is 12.3. The number of nitrogens with one attached hydrogen (secondary N) is 1. The Morgan fingerprint density at radius 3 is 3.06 bits per heavy atom. The molecule has 0 radical (unpaired) electrons. The van der Waals surface area contributed by atoms with Gasteiger partial charge >= 0.3 is 5.76 Å². The van der Waals surface area contributed by atoms with Crippen molar-refractivity contribution < 1.29 is 9.15 Å². The quantitative estimate of drug-likeness (QED) is 0.618. The molecule has 0 aliphatic rings. The lowest BCUT2D eigenvalue weighted by Crippen LogP contribution is -2.19. The largest absolute Gasteiger partial charge is 0.419 e. The summed E-state index contributed by atoms with van der Waals surface area (Å²) in [6.45, 7) is 1.37. The van der Waals surface area contributed by atoms with Crippen molar-refractivity contribution in [1.29, 1.82) is 0 Å². The molecular weight excluding hydrogens is 220 g/mol. The summed E-state index contributed by atoms with van der Waals surface area (Å²) in [7, 11) is 3.35. The minimum Gasteiger partial charge on any atom is -0.408 e. The van der Waals surface area contributed by atoms with Crippen molar-refractivity contribution in [1.82, 2.24) is 9.88 Å². The summed E-state index contributed by atoms with van der Waals surface area (Å²) in [5, 5.41) is 3.13. The predicted molar refractivity (Wildman–Crippen MR) is 65.0 cm³/mol. The zero-order valence-corrected chi connectivity index (χ0v) is 10.0. The van der Waals surface area contributed by atoms with Crippen LogP contribution in [0.1, 0.15) is 5.56 Å². The molecule has 0 bridgehead atoms. The highest BCUT2D eigenvalue weighted by atomic mass is 16.5. The summed E-state index contributed by atoms with van der Waals surface area (Å²) < 4.78 is 11.5. The van der Waals surface area contributed by atoms with Crippen molar-refractivity contribution in [3.05, 3.63) is 34.3 Å². The van der Waals surface area contributed by atoms with E-state index in [2.05, 4.69) is 5.32 Å². The van der Waals surface area contributed by atoms with Crippen LogP contribution in [0.25, 0.3) is 11.1 Å². The van der Waals surface area contributed by atoms with Crippen LogP contribution in [0.2, 0.25) is 0 Å². The molecule has 92 valence electrons. The summed E-state index contributed by atoms with van der Waals surface area (Å²) >= 11 is 0. The average molecular weight is 236 g/mol. The number of methoxy groups -OCH3 is 1. The van der Waals surface area contributed by atoms with Gasteiger partial charge in [0.15, 0.2) is 5.58 Å². The second-order valence-corrected chi connectivity index (χ2v) is 3.91. The Kier molecular flexibility index (Phi) is 3.61. The molecule has 2 rings (SSSR count). The number of hydrogen-bond acceptors (Lipinski definition) is 4. The molecule has 1 heterocycles. The van der Waals surface area contributed by atoms with Crippen LogP contribution in [0.4, 0.5) is 0 Å². The van der Waals surface area contributed by atoms with Crippen molar-refractivity contribution in [2.45, 2.75) is 6.42 Å². The van der Waals surface area contributed by atoms with Crippen molar-refractivity contribution in [3.63, 3.8) is 0 Å². The van der Waals surface area contributed by atoms with Crippen molar-refractivity contribution in [3.8, 4) is 0 Å². The minimum atomic E-state index is -0.324. The highest BCUT2D eigenvalue weighted by molar-refractivity contribution is 5.73. The van der Waals surface area contributed by atoms with E-state index in [1.54, 1.807) is 14.2 Å². The third-order valence-electron chi connectivity index (χ3n) is 2.69. The van der Waals surface area contributed by atoms with E-state index >= 15 is 0 Å². The van der Waals surface area contributed by atoms with Gasteiger partial charge in [0.2, 0.25) is 0 Å². The standard InChI is InChI=1S/C12H16N2O3/c1-14-10-4-3-9(5-6-13-8-16-2)7-11(10)17-12(14)15/h3-4,7,13H,5-6,8H2,1-2H3. The number of aromatic nitrogens is 1. The molecule has 1 N–H and O–H groups in total. The number of fused-ring (bicyclic) bond motifs is 1. The smallest absolute Gasteiger partial charge is 0.408 e. The molecule has 1 aromatic heterocycles. The van der Waals surface area contributed by atoms with E-state index in [0.717, 1.165) is 24.0 Å². The van der Waals surface area contributed by atoms with E-state index in [0.29, 0.717) is 12.3 Å². The molecule has 0 atom stereocenters. The third kappa shape index (κ3) is 2.57. The summed E-state index contributed by atoms with van der Waals surface area (Å²) in [5.74, 6) is -0.324. The molecule has 0 aliphatic heterocycles. The summed E-state index contributed by atoms with van der Waals surface area (Å²) in [6, 6.07) is 5.82. The van der Waals surface area contributed by atoms with Gasteiger partial charge in [-0.3, -0.25) is 9.88 Å². The number of hydrogen-bond donors (Lipinski definition) is 1. The Morgan fingerprint density at radius 1 is 1.47 bits per heavy atom. The van der Waals surface area contributed by atoms with Gasteiger partial charge in [0.25, 0.3) is 0 Å². The fraction of sp³-hybridized carbons (Fsp3) is 0.417. The summed E-state index contributed by atoms with van der Waals surface area (Å²) in [5.41, 5.74) is 2.60. The predicted octanol–water partition coefficient (Wildman–Crippen LogP) is 0.867. The van der Waals surface area contributed by atoms with E-state index < -0.39 is 0 Å². The molecule has 5 heteroatoms. The Balaban J connectivity index is 2.12. The maximum Gasteiger partial charge on any atom is 0.419 e. The van der Waals surface area contributed by atoms with Gasteiger partial charge in [-0.15, -0.1) is 0 Å². The van der Waals surface area contributed by atoms with Crippen LogP contribution in [-0.2, 0) is 18.2 Å². The van der Waals surface area contributed by atoms with E-state index in [1.165, 1.54) is 4.57 Å². The van der Waals surface area contributed by atoms with Crippen molar-refractivity contribution >= 4 is 11.1 Å². The first-order valence-corrected chi connectivity index (χ1v) is 5.50. The van der Waals surface area contributed by atoms with Gasteiger partial charge in [0, 0.05) is 20.7 Å². The fourth-order valence-electron chi connectivity index (χ4n) is 1.74. The maximum absolute atomic E-state index is 11.3. The Bertz CT molecular complexity index is 556. The summed E-state index contributed by atoms with van der Waals surface area (Å²) in [4.78, 5) is 11.3. The van der Waals surface area contributed by atoms with Crippen molar-refractivity contribution in [2.75, 3.05) is 20.4 Å². The lowest BCUT2D eigenvalue weighted by molar-refractivity contribution is 0.176. The molecule has 0 aliphatic carbocycles. The SMILES string of the molecule is COCNCCc1ccc2c(c1)oc(=O)n2C. The number of aryl methyl sites for hydroxylation is 1. The first-order chi connectivity index (χ1) is 8.22. The zero-order valence-electron chi connectivity index (χ0n) is 10.0. The first kappa shape index (κ1) is 11.9. The van der Waals surface area contributed by atoms with Crippen LogP contribution in [0, 0.1) is 0 Å². The van der Waals surface area contributed by atoms with E-state index in [9.17, 15) is 4.79 Å². The van der Waals surface area contributed by atoms with Crippen molar-refractivity contribution in [2.24, 2.45) is 7.05 Å². The molecule has 0 spiro atoms. The fourth-order valence-corrected chi connectivity index (χ4v) is 1.74. The van der Waals surface area contributed by atoms with Crippen LogP contribution in [-0.4, -0.2) is 25.0 Å². The van der Waals surface area contributed by atoms with E-state index in [-0.39, 0.29) is 5.76 Å². The van der Waals surface area contributed by atoms with Gasteiger partial charge in [-0.05, 0) is 24.1 Å². The van der Waals surface area contributed by atoms with Gasteiger partial charge < -0.3 is 9.15 Å². The molecule has 0 saturated heterocycles. The summed E-state index contributed by atoms with van der Waals surface area (Å²) in [6.07, 6.45) is 0.873. The molecule has 17 heavy (non-hydrogen) atoms. The maximum atomic E-state index is 11.3. The molecule has 0 saturated carbocycles. The van der Waals surface area contributed by atoms with Gasteiger partial charge in [0.1, 0.15) is 0 Å². The normalized spacial score (nSPS) is 11.2. The second-order valence-electron chi connectivity index (χ2n) is 3.91. The molecule has 0 amide bonds. The number of ether oxygens (including phenoxy) is 1. The molecule has 0 unspecified atom stereocenters. The lowest BCUT2D eigenvalue weighted by Gasteiger charge is -2.03. The molecular formula is C12H16N2O3. The van der Waals surface area contributed by atoms with E-state index in [1.807, 2.05) is 18.2 Å². The Labute approximate surface area is 99.0 Å². The number of benzene rings is 1. The van der Waals surface area contributed by atoms with Gasteiger partial charge in [-0.2, -0.15) is 0 Å². The molecule has 2 aromatic rings. The van der Waals surface area contributed by atoms with E-state index in [4.69, 9.17) is 9.15 Å². The highest BCUT2D eigenvalue weighted by Gasteiger charge is 2.05. The molecule has 1 aromatic carbocycles. The molecule has 5 nitrogen and oxygen atoms in total. The monoisotopic (exact) mass is 236 g/mol. The third-order valence-corrected chi connectivity index (χ3v) is 2.69. The Morgan fingerprint density at radius 2 is 2.29 bits per heavy atom. The van der Waals surface area contributed by atoms with Crippen LogP contribution in [0.3, 0.4) is 0 Å². The number of nitrogens with zero attached hydrogens (tertiary/aromatic N) is 1. The van der Waals surface area contributed by atoms with Crippen LogP contribution >= 0.6 is 0 Å². The number of rotatable bonds is 5. The Hall–Kier alpha value is -1.59.